The van der Waals surface area contributed by atoms with Gasteiger partial charge in [0, 0.05) is 62.1 Å². The van der Waals surface area contributed by atoms with Crippen molar-refractivity contribution in [3.8, 4) is 11.1 Å². The fourth-order valence-electron chi connectivity index (χ4n) is 3.93. The van der Waals surface area contributed by atoms with Gasteiger partial charge in [0.1, 0.15) is 5.82 Å². The number of anilines is 2. The number of rotatable bonds is 5. The molecular formula is C21H23F3N6O. The molecule has 0 fully saturated rings. The Kier molecular flexibility index (Phi) is 5.47. The van der Waals surface area contributed by atoms with Crippen LogP contribution in [0.5, 0.6) is 0 Å². The lowest BCUT2D eigenvalue weighted by molar-refractivity contribution is -0.129. The standard InChI is InChI=1S/C21H23F3N6O/c1-4-30-19-5-6-29(12(2)31)11-16(19)21(27-30)26-18-8-15(20(23)24)14(7-17(18)22)13-9-25-28(3)10-13/h7-10,20H,4-6,11H2,1-3H3,(H,26,27). The highest BCUT2D eigenvalue weighted by Gasteiger charge is 2.27. The maximum atomic E-state index is 15.0. The number of fused-ring (bicyclic) bond motifs is 1. The topological polar surface area (TPSA) is 68.0 Å². The van der Waals surface area contributed by atoms with Gasteiger partial charge in [0.25, 0.3) is 6.43 Å². The van der Waals surface area contributed by atoms with Crippen LogP contribution in [0.4, 0.5) is 24.7 Å². The molecule has 0 unspecified atom stereocenters. The quantitative estimate of drug-likeness (QED) is 0.661. The number of halogens is 3. The predicted molar refractivity (Wildman–Crippen MR) is 110 cm³/mol. The maximum absolute atomic E-state index is 15.0. The molecule has 7 nitrogen and oxygen atoms in total. The number of alkyl halides is 2. The Balaban J connectivity index is 1.74. The first kappa shape index (κ1) is 21.0. The fourth-order valence-corrected chi connectivity index (χ4v) is 3.93. The lowest BCUT2D eigenvalue weighted by Gasteiger charge is -2.26. The van der Waals surface area contributed by atoms with Crippen molar-refractivity contribution in [3.05, 3.63) is 47.2 Å². The van der Waals surface area contributed by atoms with E-state index in [2.05, 4.69) is 15.5 Å². The van der Waals surface area contributed by atoms with Crippen molar-refractivity contribution in [1.29, 1.82) is 0 Å². The van der Waals surface area contributed by atoms with Crippen LogP contribution in [-0.2, 0) is 31.4 Å². The summed E-state index contributed by atoms with van der Waals surface area (Å²) in [5.41, 5.74) is 1.85. The van der Waals surface area contributed by atoms with Crippen molar-refractivity contribution in [3.63, 3.8) is 0 Å². The lowest BCUT2D eigenvalue weighted by Crippen LogP contribution is -2.34. The zero-order chi connectivity index (χ0) is 22.3. The van der Waals surface area contributed by atoms with Crippen LogP contribution in [0, 0.1) is 5.82 Å². The summed E-state index contributed by atoms with van der Waals surface area (Å²) in [5, 5.41) is 11.4. The Bertz CT molecular complexity index is 1140. The van der Waals surface area contributed by atoms with Crippen molar-refractivity contribution in [2.75, 3.05) is 11.9 Å². The molecule has 1 aliphatic rings. The van der Waals surface area contributed by atoms with Crippen molar-refractivity contribution in [2.24, 2.45) is 7.05 Å². The molecule has 0 radical (unpaired) electrons. The van der Waals surface area contributed by atoms with E-state index in [1.807, 2.05) is 6.92 Å². The van der Waals surface area contributed by atoms with Gasteiger partial charge in [-0.3, -0.25) is 14.2 Å². The first-order valence-corrected chi connectivity index (χ1v) is 10.00. The molecule has 0 spiro atoms. The Labute approximate surface area is 177 Å². The Morgan fingerprint density at radius 1 is 1.32 bits per heavy atom. The largest absolute Gasteiger partial charge is 0.338 e. The highest BCUT2D eigenvalue weighted by molar-refractivity contribution is 5.75. The molecule has 1 amide bonds. The van der Waals surface area contributed by atoms with Crippen LogP contribution in [-0.4, -0.2) is 36.9 Å². The summed E-state index contributed by atoms with van der Waals surface area (Å²) in [4.78, 5) is 13.5. The molecular weight excluding hydrogens is 409 g/mol. The SMILES string of the molecule is CCn1nc(Nc2cc(C(F)F)c(-c3cnn(C)c3)cc2F)c2c1CCN(C(C)=O)C2. The van der Waals surface area contributed by atoms with E-state index in [9.17, 15) is 18.0 Å². The van der Waals surface area contributed by atoms with Crippen molar-refractivity contribution >= 4 is 17.4 Å². The third-order valence-corrected chi connectivity index (χ3v) is 5.52. The molecule has 3 heterocycles. The number of hydrogen-bond acceptors (Lipinski definition) is 4. The van der Waals surface area contributed by atoms with Gasteiger partial charge in [-0.1, -0.05) is 0 Å². The number of carbonyl (C=O) groups is 1. The zero-order valence-electron chi connectivity index (χ0n) is 17.5. The summed E-state index contributed by atoms with van der Waals surface area (Å²) in [6.45, 7) is 4.96. The lowest BCUT2D eigenvalue weighted by atomic mass is 10.0. The van der Waals surface area contributed by atoms with E-state index in [0.29, 0.717) is 37.4 Å². The second-order valence-corrected chi connectivity index (χ2v) is 7.53. The summed E-state index contributed by atoms with van der Waals surface area (Å²) in [6.07, 6.45) is 0.807. The molecule has 1 aliphatic heterocycles. The molecule has 1 aromatic carbocycles. The highest BCUT2D eigenvalue weighted by Crippen LogP contribution is 2.37. The molecule has 0 atom stereocenters. The number of amides is 1. The van der Waals surface area contributed by atoms with Gasteiger partial charge < -0.3 is 10.2 Å². The van der Waals surface area contributed by atoms with E-state index in [-0.39, 0.29) is 22.7 Å². The molecule has 0 saturated carbocycles. The van der Waals surface area contributed by atoms with Gasteiger partial charge in [0.05, 0.1) is 18.4 Å². The summed E-state index contributed by atoms with van der Waals surface area (Å²) in [6, 6.07) is 2.21. The zero-order valence-corrected chi connectivity index (χ0v) is 17.5. The van der Waals surface area contributed by atoms with Crippen molar-refractivity contribution < 1.29 is 18.0 Å². The minimum Gasteiger partial charge on any atom is -0.338 e. The molecule has 10 heteroatoms. The number of aryl methyl sites for hydroxylation is 2. The summed E-state index contributed by atoms with van der Waals surface area (Å²) in [5.74, 6) is -0.369. The number of carbonyl (C=O) groups excluding carboxylic acids is 1. The monoisotopic (exact) mass is 432 g/mol. The minimum absolute atomic E-state index is 0.0622. The van der Waals surface area contributed by atoms with Gasteiger partial charge in [-0.2, -0.15) is 10.2 Å². The number of hydrogen-bond donors (Lipinski definition) is 1. The average molecular weight is 432 g/mol. The van der Waals surface area contributed by atoms with E-state index >= 15 is 0 Å². The maximum Gasteiger partial charge on any atom is 0.264 e. The number of nitrogens with one attached hydrogen (secondary N) is 1. The van der Waals surface area contributed by atoms with Gasteiger partial charge in [-0.25, -0.2) is 13.2 Å². The van der Waals surface area contributed by atoms with Gasteiger partial charge in [-0.15, -0.1) is 0 Å². The summed E-state index contributed by atoms with van der Waals surface area (Å²) >= 11 is 0. The second-order valence-electron chi connectivity index (χ2n) is 7.53. The molecule has 0 saturated heterocycles. The summed E-state index contributed by atoms with van der Waals surface area (Å²) < 4.78 is 45.8. The molecule has 3 aromatic rings. The van der Waals surface area contributed by atoms with Crippen LogP contribution in [0.15, 0.2) is 24.5 Å². The number of nitrogens with zero attached hydrogens (tertiary/aromatic N) is 5. The van der Waals surface area contributed by atoms with Crippen molar-refractivity contribution in [1.82, 2.24) is 24.5 Å². The van der Waals surface area contributed by atoms with Gasteiger partial charge in [0.2, 0.25) is 5.91 Å². The van der Waals surface area contributed by atoms with Crippen LogP contribution in [0.1, 0.15) is 37.1 Å². The van der Waals surface area contributed by atoms with Gasteiger partial charge in [-0.05, 0) is 24.6 Å². The number of benzene rings is 1. The van der Waals surface area contributed by atoms with E-state index in [1.54, 1.807) is 22.8 Å². The molecule has 0 aliphatic carbocycles. The predicted octanol–water partition coefficient (Wildman–Crippen LogP) is 4.03. The molecule has 1 N–H and O–H groups in total. The third-order valence-electron chi connectivity index (χ3n) is 5.52. The van der Waals surface area contributed by atoms with E-state index in [0.717, 1.165) is 23.4 Å². The normalized spacial score (nSPS) is 13.6. The van der Waals surface area contributed by atoms with Gasteiger partial charge >= 0.3 is 0 Å². The van der Waals surface area contributed by atoms with Crippen LogP contribution in [0.3, 0.4) is 0 Å². The first-order chi connectivity index (χ1) is 14.8. The molecule has 31 heavy (non-hydrogen) atoms. The summed E-state index contributed by atoms with van der Waals surface area (Å²) in [7, 11) is 1.66. The molecule has 4 rings (SSSR count). The fraction of sp³-hybridized carbons (Fsp3) is 0.381. The van der Waals surface area contributed by atoms with Crippen molar-refractivity contribution in [2.45, 2.75) is 39.8 Å². The van der Waals surface area contributed by atoms with Crippen LogP contribution >= 0.6 is 0 Å². The molecule has 0 bridgehead atoms. The van der Waals surface area contributed by atoms with E-state index in [4.69, 9.17) is 0 Å². The molecule has 164 valence electrons. The Morgan fingerprint density at radius 2 is 2.10 bits per heavy atom. The minimum atomic E-state index is -2.80. The first-order valence-electron chi connectivity index (χ1n) is 10.00. The Morgan fingerprint density at radius 3 is 2.71 bits per heavy atom. The average Bonchev–Trinajstić information content (AvgIpc) is 3.32. The van der Waals surface area contributed by atoms with E-state index in [1.165, 1.54) is 17.8 Å². The van der Waals surface area contributed by atoms with E-state index < -0.39 is 12.2 Å². The number of aromatic nitrogens is 4. The molecule has 2 aromatic heterocycles. The third kappa shape index (κ3) is 3.89. The smallest absolute Gasteiger partial charge is 0.264 e. The Hall–Kier alpha value is -3.30. The van der Waals surface area contributed by atoms with Crippen LogP contribution < -0.4 is 5.32 Å². The van der Waals surface area contributed by atoms with Crippen LogP contribution in [0.25, 0.3) is 11.1 Å². The highest BCUT2D eigenvalue weighted by atomic mass is 19.3. The second kappa shape index (κ2) is 8.09. The van der Waals surface area contributed by atoms with Gasteiger partial charge in [0.15, 0.2) is 5.82 Å². The van der Waals surface area contributed by atoms with Crippen LogP contribution in [0.2, 0.25) is 0 Å².